The predicted octanol–water partition coefficient (Wildman–Crippen LogP) is 4.26. The van der Waals surface area contributed by atoms with E-state index in [2.05, 4.69) is 16.0 Å². The van der Waals surface area contributed by atoms with Gasteiger partial charge >= 0.3 is 6.09 Å². The van der Waals surface area contributed by atoms with E-state index in [1.54, 1.807) is 36.4 Å². The van der Waals surface area contributed by atoms with Crippen molar-refractivity contribution in [1.82, 2.24) is 5.32 Å². The van der Waals surface area contributed by atoms with Crippen LogP contribution in [0.1, 0.15) is 25.6 Å². The number of nitrogens with two attached hydrogens (primary N) is 1. The van der Waals surface area contributed by atoms with Crippen molar-refractivity contribution in [3.63, 3.8) is 0 Å². The van der Waals surface area contributed by atoms with Crippen molar-refractivity contribution in [3.8, 4) is 0 Å². The molecular weight excluding hydrogens is 428 g/mol. The lowest BCUT2D eigenvalue weighted by Crippen LogP contribution is -2.23. The fraction of sp³-hybridized carbons (Fsp3) is 0.0500. The fourth-order valence-electron chi connectivity index (χ4n) is 2.66. The molecule has 0 saturated carbocycles. The van der Waals surface area contributed by atoms with Crippen LogP contribution in [-0.2, 0) is 6.54 Å². The molecule has 0 saturated heterocycles. The number of thiophene rings is 1. The van der Waals surface area contributed by atoms with Gasteiger partial charge in [0.15, 0.2) is 0 Å². The molecule has 0 spiro atoms. The highest BCUT2D eigenvalue weighted by molar-refractivity contribution is 7.18. The molecular formula is C20H17ClN4O4S. The van der Waals surface area contributed by atoms with Gasteiger partial charge in [-0.3, -0.25) is 14.9 Å². The molecule has 2 aromatic carbocycles. The molecule has 154 valence electrons. The van der Waals surface area contributed by atoms with Gasteiger partial charge in [-0.1, -0.05) is 29.8 Å². The zero-order valence-corrected chi connectivity index (χ0v) is 17.0. The number of rotatable bonds is 6. The van der Waals surface area contributed by atoms with Crippen LogP contribution in [0.4, 0.5) is 21.9 Å². The number of amides is 3. The Bertz CT molecular complexity index is 1120. The summed E-state index contributed by atoms with van der Waals surface area (Å²) >= 11 is 7.03. The van der Waals surface area contributed by atoms with Gasteiger partial charge in [0, 0.05) is 17.9 Å². The van der Waals surface area contributed by atoms with Crippen molar-refractivity contribution in [1.29, 1.82) is 0 Å². The third-order valence-corrected chi connectivity index (χ3v) is 5.26. The molecule has 6 N–H and O–H groups in total. The summed E-state index contributed by atoms with van der Waals surface area (Å²) in [5, 5.41) is 16.7. The monoisotopic (exact) mass is 444 g/mol. The molecule has 0 radical (unpaired) electrons. The molecule has 0 unspecified atom stereocenters. The van der Waals surface area contributed by atoms with Crippen LogP contribution in [0.25, 0.3) is 0 Å². The van der Waals surface area contributed by atoms with Crippen molar-refractivity contribution < 1.29 is 19.5 Å². The minimum Gasteiger partial charge on any atom is -0.465 e. The summed E-state index contributed by atoms with van der Waals surface area (Å²) in [6, 6.07) is 14.5. The molecule has 3 aromatic rings. The summed E-state index contributed by atoms with van der Waals surface area (Å²) in [4.78, 5) is 36.5. The van der Waals surface area contributed by atoms with Crippen molar-refractivity contribution in [3.05, 3.63) is 74.9 Å². The Labute approximate surface area is 180 Å². The van der Waals surface area contributed by atoms with Crippen molar-refractivity contribution in [2.24, 2.45) is 0 Å². The van der Waals surface area contributed by atoms with Crippen LogP contribution >= 0.6 is 22.9 Å². The van der Waals surface area contributed by atoms with Crippen LogP contribution in [0.15, 0.2) is 54.6 Å². The molecule has 0 aliphatic rings. The smallest absolute Gasteiger partial charge is 0.409 e. The molecule has 0 aliphatic heterocycles. The summed E-state index contributed by atoms with van der Waals surface area (Å²) < 4.78 is 0.516. The largest absolute Gasteiger partial charge is 0.465 e. The highest BCUT2D eigenvalue weighted by Gasteiger charge is 2.16. The summed E-state index contributed by atoms with van der Waals surface area (Å²) in [7, 11) is 0. The van der Waals surface area contributed by atoms with Gasteiger partial charge in [-0.25, -0.2) is 4.79 Å². The molecule has 10 heteroatoms. The van der Waals surface area contributed by atoms with Gasteiger partial charge < -0.3 is 21.5 Å². The SMILES string of the molecule is Nc1ccc(C(=O)Nc2ccccc2CNC(=O)c2ccc(Cl)s2)c(NC(=O)O)c1. The van der Waals surface area contributed by atoms with Crippen LogP contribution in [0.5, 0.6) is 0 Å². The van der Waals surface area contributed by atoms with Gasteiger partial charge in [0.1, 0.15) is 0 Å². The second kappa shape index (κ2) is 9.29. The van der Waals surface area contributed by atoms with E-state index in [-0.39, 0.29) is 23.7 Å². The molecule has 30 heavy (non-hydrogen) atoms. The highest BCUT2D eigenvalue weighted by Crippen LogP contribution is 2.23. The molecule has 0 bridgehead atoms. The number of carbonyl (C=O) groups is 3. The number of nitrogen functional groups attached to an aromatic ring is 1. The summed E-state index contributed by atoms with van der Waals surface area (Å²) in [6.07, 6.45) is -1.31. The Morgan fingerprint density at radius 1 is 0.967 bits per heavy atom. The number of halogens is 1. The van der Waals surface area contributed by atoms with Gasteiger partial charge in [0.2, 0.25) is 0 Å². The fourth-order valence-corrected chi connectivity index (χ4v) is 3.62. The number of para-hydroxylation sites is 1. The van der Waals surface area contributed by atoms with E-state index in [9.17, 15) is 14.4 Å². The Balaban J connectivity index is 1.75. The maximum Gasteiger partial charge on any atom is 0.409 e. The maximum atomic E-state index is 12.8. The average molecular weight is 445 g/mol. The zero-order valence-electron chi connectivity index (χ0n) is 15.4. The van der Waals surface area contributed by atoms with Crippen molar-refractivity contribution in [2.75, 3.05) is 16.4 Å². The third-order valence-electron chi connectivity index (χ3n) is 4.03. The Hall–Kier alpha value is -3.56. The minimum absolute atomic E-state index is 0.0698. The molecule has 3 rings (SSSR count). The molecule has 0 aliphatic carbocycles. The Kier molecular flexibility index (Phi) is 6.55. The second-order valence-corrected chi connectivity index (χ2v) is 7.85. The van der Waals surface area contributed by atoms with Crippen LogP contribution < -0.4 is 21.7 Å². The van der Waals surface area contributed by atoms with Gasteiger partial charge in [0.05, 0.1) is 20.5 Å². The molecule has 1 heterocycles. The first kappa shape index (κ1) is 21.2. The maximum absolute atomic E-state index is 12.8. The third kappa shape index (κ3) is 5.28. The van der Waals surface area contributed by atoms with E-state index in [4.69, 9.17) is 22.4 Å². The van der Waals surface area contributed by atoms with Gasteiger partial charge in [0.25, 0.3) is 11.8 Å². The Morgan fingerprint density at radius 3 is 2.43 bits per heavy atom. The highest BCUT2D eigenvalue weighted by atomic mass is 35.5. The standard InChI is InChI=1S/C20H17ClN4O4S/c21-17-8-7-16(30-17)19(27)23-10-11-3-1-2-4-14(11)24-18(26)13-6-5-12(22)9-15(13)25-20(28)29/h1-9,25H,10,22H2,(H,23,27)(H,24,26)(H,28,29). The number of hydrogen-bond acceptors (Lipinski definition) is 5. The van der Waals surface area contributed by atoms with E-state index in [0.717, 1.165) is 0 Å². The summed E-state index contributed by atoms with van der Waals surface area (Å²) in [5.41, 5.74) is 7.33. The quantitative estimate of drug-likeness (QED) is 0.362. The topological polar surface area (TPSA) is 134 Å². The number of hydrogen-bond donors (Lipinski definition) is 5. The van der Waals surface area contributed by atoms with E-state index >= 15 is 0 Å². The molecule has 3 amide bonds. The van der Waals surface area contributed by atoms with Gasteiger partial charge in [-0.05, 0) is 42.0 Å². The number of benzene rings is 2. The second-order valence-electron chi connectivity index (χ2n) is 6.13. The number of carboxylic acid groups (broad SMARTS) is 1. The molecule has 0 fully saturated rings. The lowest BCUT2D eigenvalue weighted by Gasteiger charge is -2.14. The van der Waals surface area contributed by atoms with E-state index in [1.165, 1.54) is 29.5 Å². The minimum atomic E-state index is -1.31. The summed E-state index contributed by atoms with van der Waals surface area (Å²) in [5.74, 6) is -0.804. The average Bonchev–Trinajstić information content (AvgIpc) is 3.13. The lowest BCUT2D eigenvalue weighted by molar-refractivity contribution is 0.0954. The first-order valence-corrected chi connectivity index (χ1v) is 9.85. The molecule has 1 aromatic heterocycles. The molecule has 8 nitrogen and oxygen atoms in total. The normalized spacial score (nSPS) is 10.3. The van der Waals surface area contributed by atoms with Crippen molar-refractivity contribution in [2.45, 2.75) is 6.54 Å². The van der Waals surface area contributed by atoms with Crippen LogP contribution in [0.2, 0.25) is 4.34 Å². The molecule has 0 atom stereocenters. The number of nitrogens with one attached hydrogen (secondary N) is 3. The van der Waals surface area contributed by atoms with Gasteiger partial charge in [-0.15, -0.1) is 11.3 Å². The van der Waals surface area contributed by atoms with E-state index in [0.29, 0.717) is 26.2 Å². The lowest BCUT2D eigenvalue weighted by atomic mass is 10.1. The van der Waals surface area contributed by atoms with Crippen LogP contribution in [0, 0.1) is 0 Å². The first-order valence-electron chi connectivity index (χ1n) is 8.66. The predicted molar refractivity (Wildman–Crippen MR) is 117 cm³/mol. The van der Waals surface area contributed by atoms with Gasteiger partial charge in [-0.2, -0.15) is 0 Å². The van der Waals surface area contributed by atoms with Crippen LogP contribution in [-0.4, -0.2) is 23.0 Å². The number of anilines is 3. The van der Waals surface area contributed by atoms with Crippen LogP contribution in [0.3, 0.4) is 0 Å². The zero-order chi connectivity index (χ0) is 21.7. The van der Waals surface area contributed by atoms with Crippen molar-refractivity contribution >= 4 is 57.9 Å². The number of carbonyl (C=O) groups excluding carboxylic acids is 2. The summed E-state index contributed by atoms with van der Waals surface area (Å²) in [6.45, 7) is 0.173. The first-order chi connectivity index (χ1) is 14.3. The Morgan fingerprint density at radius 2 is 1.73 bits per heavy atom. The van der Waals surface area contributed by atoms with E-state index in [1.807, 2.05) is 0 Å². The van der Waals surface area contributed by atoms with E-state index < -0.39 is 12.0 Å².